The van der Waals surface area contributed by atoms with Crippen molar-refractivity contribution < 1.29 is 19.7 Å². The van der Waals surface area contributed by atoms with Crippen molar-refractivity contribution in [1.82, 2.24) is 0 Å². The average Bonchev–Trinajstić information content (AvgIpc) is 2.82. The number of benzene rings is 1. The second kappa shape index (κ2) is 6.24. The number of rotatable bonds is 6. The Balaban J connectivity index is 1.84. The molecule has 2 unspecified atom stereocenters. The Labute approximate surface area is 118 Å². The number of nitrogens with two attached hydrogens (primary N) is 1. The van der Waals surface area contributed by atoms with E-state index in [1.54, 1.807) is 24.3 Å². The first kappa shape index (κ1) is 14.8. The van der Waals surface area contributed by atoms with Gasteiger partial charge in [0, 0.05) is 0 Å². The number of carboxylic acid groups (broad SMARTS) is 1. The second-order valence-corrected chi connectivity index (χ2v) is 5.37. The minimum absolute atomic E-state index is 0.0106. The molecular weight excluding hydrogens is 258 g/mol. The first-order valence-electron chi connectivity index (χ1n) is 6.91. The van der Waals surface area contributed by atoms with Gasteiger partial charge in [-0.15, -0.1) is 0 Å². The summed E-state index contributed by atoms with van der Waals surface area (Å²) in [7, 11) is 0. The van der Waals surface area contributed by atoms with Crippen molar-refractivity contribution in [2.45, 2.75) is 37.8 Å². The number of aliphatic hydroxyl groups excluding tert-OH is 1. The van der Waals surface area contributed by atoms with Crippen LogP contribution in [0.25, 0.3) is 0 Å². The van der Waals surface area contributed by atoms with Crippen molar-refractivity contribution in [1.29, 1.82) is 0 Å². The number of carbonyl (C=O) groups is 1. The van der Waals surface area contributed by atoms with Crippen LogP contribution in [-0.4, -0.2) is 28.3 Å². The van der Waals surface area contributed by atoms with Gasteiger partial charge in [-0.1, -0.05) is 18.6 Å². The number of carboxylic acids is 1. The summed E-state index contributed by atoms with van der Waals surface area (Å²) < 4.78 is 5.61. The summed E-state index contributed by atoms with van der Waals surface area (Å²) in [5.41, 5.74) is 5.72. The lowest BCUT2D eigenvalue weighted by Crippen LogP contribution is -2.51. The highest BCUT2D eigenvalue weighted by Crippen LogP contribution is 2.36. The van der Waals surface area contributed by atoms with Gasteiger partial charge in [0.1, 0.15) is 11.3 Å². The van der Waals surface area contributed by atoms with Crippen LogP contribution in [0.3, 0.4) is 0 Å². The zero-order valence-corrected chi connectivity index (χ0v) is 11.4. The highest BCUT2D eigenvalue weighted by atomic mass is 16.5. The molecule has 0 aliphatic heterocycles. The minimum Gasteiger partial charge on any atom is -0.494 e. The number of hydrogen-bond donors (Lipinski definition) is 3. The van der Waals surface area contributed by atoms with Crippen molar-refractivity contribution in [2.24, 2.45) is 11.7 Å². The molecule has 2 rings (SSSR count). The van der Waals surface area contributed by atoms with E-state index in [0.29, 0.717) is 19.4 Å². The molecule has 0 heterocycles. The summed E-state index contributed by atoms with van der Waals surface area (Å²) in [4.78, 5) is 11.2. The Morgan fingerprint density at radius 3 is 2.70 bits per heavy atom. The van der Waals surface area contributed by atoms with Gasteiger partial charge in [-0.3, -0.25) is 4.79 Å². The largest absolute Gasteiger partial charge is 0.494 e. The summed E-state index contributed by atoms with van der Waals surface area (Å²) in [5.74, 6) is -0.220. The molecule has 1 aromatic rings. The van der Waals surface area contributed by atoms with Crippen LogP contribution in [0, 0.1) is 5.92 Å². The van der Waals surface area contributed by atoms with Crippen molar-refractivity contribution in [3.8, 4) is 5.75 Å². The van der Waals surface area contributed by atoms with Gasteiger partial charge in [-0.2, -0.15) is 0 Å². The third-order valence-electron chi connectivity index (χ3n) is 4.11. The molecule has 0 amide bonds. The van der Waals surface area contributed by atoms with Crippen LogP contribution < -0.4 is 10.5 Å². The Morgan fingerprint density at radius 2 is 2.10 bits per heavy atom. The lowest BCUT2D eigenvalue weighted by molar-refractivity contribution is -0.144. The van der Waals surface area contributed by atoms with Crippen molar-refractivity contribution >= 4 is 5.97 Å². The van der Waals surface area contributed by atoms with E-state index in [9.17, 15) is 9.90 Å². The van der Waals surface area contributed by atoms with Gasteiger partial charge < -0.3 is 20.7 Å². The predicted molar refractivity (Wildman–Crippen MR) is 74.4 cm³/mol. The second-order valence-electron chi connectivity index (χ2n) is 5.37. The van der Waals surface area contributed by atoms with Crippen molar-refractivity contribution in [3.63, 3.8) is 0 Å². The van der Waals surface area contributed by atoms with Crippen molar-refractivity contribution in [3.05, 3.63) is 29.8 Å². The molecule has 1 aromatic carbocycles. The van der Waals surface area contributed by atoms with Gasteiger partial charge in [0.25, 0.3) is 0 Å². The van der Waals surface area contributed by atoms with Crippen LogP contribution in [0.1, 0.15) is 31.2 Å². The SMILES string of the molecule is NC1(C(=O)O)CCCC1CCOc1ccc(CO)cc1. The van der Waals surface area contributed by atoms with Gasteiger partial charge in [-0.25, -0.2) is 0 Å². The highest BCUT2D eigenvalue weighted by molar-refractivity contribution is 5.79. The normalized spacial score (nSPS) is 25.6. The number of aliphatic hydroxyl groups is 1. The van der Waals surface area contributed by atoms with E-state index in [2.05, 4.69) is 0 Å². The zero-order chi connectivity index (χ0) is 14.6. The standard InChI is InChI=1S/C15H21NO4/c16-15(14(18)19)8-1-2-12(15)7-9-20-13-5-3-11(10-17)4-6-13/h3-6,12,17H,1-2,7-10,16H2,(H,18,19). The smallest absolute Gasteiger partial charge is 0.323 e. The van der Waals surface area contributed by atoms with Crippen LogP contribution in [-0.2, 0) is 11.4 Å². The van der Waals surface area contributed by atoms with E-state index < -0.39 is 11.5 Å². The summed E-state index contributed by atoms with van der Waals surface area (Å²) in [5, 5.41) is 18.2. The maximum absolute atomic E-state index is 11.2. The Bertz CT molecular complexity index is 459. The Hall–Kier alpha value is -1.59. The van der Waals surface area contributed by atoms with Gasteiger partial charge in [0.15, 0.2) is 0 Å². The molecule has 4 N–H and O–H groups in total. The summed E-state index contributed by atoms with van der Waals surface area (Å²) in [6, 6.07) is 7.20. The molecule has 1 saturated carbocycles. The molecular formula is C15H21NO4. The average molecular weight is 279 g/mol. The number of aliphatic carboxylic acids is 1. The van der Waals surface area contributed by atoms with E-state index in [4.69, 9.17) is 15.6 Å². The third-order valence-corrected chi connectivity index (χ3v) is 4.11. The van der Waals surface area contributed by atoms with Gasteiger partial charge in [0.05, 0.1) is 13.2 Å². The van der Waals surface area contributed by atoms with E-state index in [1.807, 2.05) is 0 Å². The maximum Gasteiger partial charge on any atom is 0.323 e. The molecule has 20 heavy (non-hydrogen) atoms. The molecule has 0 saturated heterocycles. The molecule has 1 aliphatic carbocycles. The van der Waals surface area contributed by atoms with Crippen LogP contribution in [0.15, 0.2) is 24.3 Å². The third kappa shape index (κ3) is 3.11. The molecule has 5 nitrogen and oxygen atoms in total. The molecule has 0 aromatic heterocycles. The lowest BCUT2D eigenvalue weighted by atomic mass is 9.86. The fourth-order valence-corrected chi connectivity index (χ4v) is 2.80. The summed E-state index contributed by atoms with van der Waals surface area (Å²) in [6.07, 6.45) is 2.89. The van der Waals surface area contributed by atoms with Gasteiger partial charge in [0.2, 0.25) is 0 Å². The van der Waals surface area contributed by atoms with Crippen LogP contribution in [0.4, 0.5) is 0 Å². The molecule has 1 fully saturated rings. The molecule has 2 atom stereocenters. The maximum atomic E-state index is 11.2. The van der Waals surface area contributed by atoms with Gasteiger partial charge >= 0.3 is 5.97 Å². The Morgan fingerprint density at radius 1 is 1.40 bits per heavy atom. The predicted octanol–water partition coefficient (Wildman–Crippen LogP) is 1.53. The molecule has 0 bridgehead atoms. The quantitative estimate of drug-likeness (QED) is 0.734. The molecule has 1 aliphatic rings. The Kier molecular flexibility index (Phi) is 4.62. The van der Waals surface area contributed by atoms with Crippen molar-refractivity contribution in [2.75, 3.05) is 6.61 Å². The van der Waals surface area contributed by atoms with E-state index in [0.717, 1.165) is 24.2 Å². The first-order chi connectivity index (χ1) is 9.56. The topological polar surface area (TPSA) is 92.8 Å². The minimum atomic E-state index is -1.09. The highest BCUT2D eigenvalue weighted by Gasteiger charge is 2.45. The van der Waals surface area contributed by atoms with E-state index in [1.165, 1.54) is 0 Å². The number of hydrogen-bond acceptors (Lipinski definition) is 4. The monoisotopic (exact) mass is 279 g/mol. The molecule has 0 spiro atoms. The number of ether oxygens (including phenoxy) is 1. The molecule has 110 valence electrons. The zero-order valence-electron chi connectivity index (χ0n) is 11.4. The van der Waals surface area contributed by atoms with Crippen LogP contribution in [0.5, 0.6) is 5.75 Å². The van der Waals surface area contributed by atoms with E-state index in [-0.39, 0.29) is 12.5 Å². The fraction of sp³-hybridized carbons (Fsp3) is 0.533. The molecule has 0 radical (unpaired) electrons. The van der Waals surface area contributed by atoms with Gasteiger partial charge in [-0.05, 0) is 42.9 Å². The summed E-state index contributed by atoms with van der Waals surface area (Å²) >= 11 is 0. The summed E-state index contributed by atoms with van der Waals surface area (Å²) in [6.45, 7) is 0.464. The van der Waals surface area contributed by atoms with E-state index >= 15 is 0 Å². The molecule has 5 heteroatoms. The van der Waals surface area contributed by atoms with Crippen LogP contribution >= 0.6 is 0 Å². The lowest BCUT2D eigenvalue weighted by Gasteiger charge is -2.26. The first-order valence-corrected chi connectivity index (χ1v) is 6.91. The fourth-order valence-electron chi connectivity index (χ4n) is 2.80. The van der Waals surface area contributed by atoms with Crippen LogP contribution in [0.2, 0.25) is 0 Å².